The summed E-state index contributed by atoms with van der Waals surface area (Å²) in [6, 6.07) is -0.121. The van der Waals surface area contributed by atoms with Crippen molar-refractivity contribution >= 4 is 6.03 Å². The molecule has 0 saturated carbocycles. The number of amides is 2. The molecule has 19 heavy (non-hydrogen) atoms. The van der Waals surface area contributed by atoms with E-state index in [9.17, 15) is 4.79 Å². The minimum atomic E-state index is -0.121. The molecule has 6 heteroatoms. The second-order valence-electron chi connectivity index (χ2n) is 4.96. The van der Waals surface area contributed by atoms with E-state index in [1.54, 1.807) is 0 Å². The van der Waals surface area contributed by atoms with E-state index in [2.05, 4.69) is 32.3 Å². The second kappa shape index (κ2) is 7.11. The van der Waals surface area contributed by atoms with Crippen LogP contribution in [0.2, 0.25) is 0 Å². The number of urea groups is 1. The summed E-state index contributed by atoms with van der Waals surface area (Å²) >= 11 is 0. The molecule has 0 radical (unpaired) electrons. The van der Waals surface area contributed by atoms with Crippen LogP contribution in [-0.2, 0) is 19.5 Å². The third kappa shape index (κ3) is 3.94. The number of hydrogen-bond acceptors (Lipinski definition) is 3. The fourth-order valence-corrected chi connectivity index (χ4v) is 2.30. The van der Waals surface area contributed by atoms with Gasteiger partial charge in [0.15, 0.2) is 5.82 Å². The molecule has 6 nitrogen and oxygen atoms in total. The number of fused-ring (bicyclic) bond motifs is 1. The van der Waals surface area contributed by atoms with E-state index in [4.69, 9.17) is 0 Å². The molecule has 1 aromatic heterocycles. The molecule has 2 N–H and O–H groups in total. The fraction of sp³-hybridized carbons (Fsp3) is 0.769. The molecule has 0 aromatic carbocycles. The quantitative estimate of drug-likeness (QED) is 0.767. The molecule has 1 aliphatic heterocycles. The van der Waals surface area contributed by atoms with Gasteiger partial charge in [-0.05, 0) is 19.3 Å². The fourth-order valence-electron chi connectivity index (χ4n) is 2.30. The largest absolute Gasteiger partial charge is 0.338 e. The van der Waals surface area contributed by atoms with Crippen LogP contribution in [0.5, 0.6) is 0 Å². The van der Waals surface area contributed by atoms with Crippen molar-refractivity contribution in [2.45, 2.75) is 58.5 Å². The maximum absolute atomic E-state index is 11.6. The highest BCUT2D eigenvalue weighted by Gasteiger charge is 2.15. The van der Waals surface area contributed by atoms with E-state index in [0.717, 1.165) is 50.4 Å². The Bertz CT molecular complexity index is 415. The standard InChI is InChI=1S/C13H23N5O/c1-2-3-5-8-14-13(19)15-10-12-17-16-11-7-4-6-9-18(11)12/h2-10H2,1H3,(H2,14,15,19). The lowest BCUT2D eigenvalue weighted by Gasteiger charge is -2.15. The van der Waals surface area contributed by atoms with Gasteiger partial charge in [0.25, 0.3) is 0 Å². The number of aromatic nitrogens is 3. The maximum Gasteiger partial charge on any atom is 0.315 e. The van der Waals surface area contributed by atoms with E-state index in [1.807, 2.05) is 0 Å². The Morgan fingerprint density at radius 3 is 3.00 bits per heavy atom. The van der Waals surface area contributed by atoms with Crippen LogP contribution >= 0.6 is 0 Å². The van der Waals surface area contributed by atoms with Crippen molar-refractivity contribution in [3.05, 3.63) is 11.6 Å². The van der Waals surface area contributed by atoms with E-state index in [0.29, 0.717) is 6.54 Å². The van der Waals surface area contributed by atoms with Crippen molar-refractivity contribution in [1.29, 1.82) is 0 Å². The number of hydrogen-bond donors (Lipinski definition) is 2. The normalized spacial score (nSPS) is 13.9. The monoisotopic (exact) mass is 265 g/mol. The number of unbranched alkanes of at least 4 members (excludes halogenated alkanes) is 2. The lowest BCUT2D eigenvalue weighted by molar-refractivity contribution is 0.240. The Balaban J connectivity index is 1.73. The molecule has 0 atom stereocenters. The number of nitrogens with zero attached hydrogens (tertiary/aromatic N) is 3. The first-order valence-electron chi connectivity index (χ1n) is 7.24. The first kappa shape index (κ1) is 13.8. The maximum atomic E-state index is 11.6. The van der Waals surface area contributed by atoms with Crippen LogP contribution in [0.15, 0.2) is 0 Å². The van der Waals surface area contributed by atoms with Gasteiger partial charge < -0.3 is 15.2 Å². The average molecular weight is 265 g/mol. The van der Waals surface area contributed by atoms with Gasteiger partial charge in [-0.1, -0.05) is 19.8 Å². The predicted molar refractivity (Wildman–Crippen MR) is 72.7 cm³/mol. The van der Waals surface area contributed by atoms with Gasteiger partial charge in [-0.3, -0.25) is 0 Å². The highest BCUT2D eigenvalue weighted by molar-refractivity contribution is 5.73. The van der Waals surface area contributed by atoms with Crippen molar-refractivity contribution in [3.63, 3.8) is 0 Å². The third-order valence-electron chi connectivity index (χ3n) is 3.41. The zero-order valence-corrected chi connectivity index (χ0v) is 11.6. The lowest BCUT2D eigenvalue weighted by atomic mass is 10.2. The molecule has 0 fully saturated rings. The Labute approximate surface area is 114 Å². The van der Waals surface area contributed by atoms with Crippen LogP contribution in [-0.4, -0.2) is 27.3 Å². The minimum Gasteiger partial charge on any atom is -0.338 e. The number of carbonyl (C=O) groups excluding carboxylic acids is 1. The van der Waals surface area contributed by atoms with Crippen LogP contribution in [0.4, 0.5) is 4.79 Å². The van der Waals surface area contributed by atoms with E-state index in [-0.39, 0.29) is 6.03 Å². The molecule has 0 aliphatic carbocycles. The van der Waals surface area contributed by atoms with Crippen LogP contribution in [0.3, 0.4) is 0 Å². The highest BCUT2D eigenvalue weighted by atomic mass is 16.2. The van der Waals surface area contributed by atoms with Gasteiger partial charge in [0.05, 0.1) is 6.54 Å². The van der Waals surface area contributed by atoms with Crippen molar-refractivity contribution in [3.8, 4) is 0 Å². The van der Waals surface area contributed by atoms with Gasteiger partial charge in [-0.25, -0.2) is 4.79 Å². The van der Waals surface area contributed by atoms with Crippen LogP contribution in [0.25, 0.3) is 0 Å². The molecule has 2 rings (SSSR count). The summed E-state index contributed by atoms with van der Waals surface area (Å²) in [5.41, 5.74) is 0. The van der Waals surface area contributed by atoms with Crippen molar-refractivity contribution < 1.29 is 4.79 Å². The SMILES string of the molecule is CCCCCNC(=O)NCc1nnc2n1CCCC2. The van der Waals surface area contributed by atoms with E-state index < -0.39 is 0 Å². The second-order valence-corrected chi connectivity index (χ2v) is 4.96. The smallest absolute Gasteiger partial charge is 0.315 e. The summed E-state index contributed by atoms with van der Waals surface area (Å²) in [5, 5.41) is 14.0. The van der Waals surface area contributed by atoms with Gasteiger partial charge in [-0.2, -0.15) is 0 Å². The summed E-state index contributed by atoms with van der Waals surface area (Å²) in [4.78, 5) is 11.6. The average Bonchev–Trinajstić information content (AvgIpc) is 2.85. The number of nitrogens with one attached hydrogen (secondary N) is 2. The highest BCUT2D eigenvalue weighted by Crippen LogP contribution is 2.13. The van der Waals surface area contributed by atoms with E-state index >= 15 is 0 Å². The molecular weight excluding hydrogens is 242 g/mol. The number of aryl methyl sites for hydroxylation is 1. The summed E-state index contributed by atoms with van der Waals surface area (Å²) in [6.45, 7) is 4.30. The molecule has 0 saturated heterocycles. The van der Waals surface area contributed by atoms with Crippen LogP contribution in [0, 0.1) is 0 Å². The van der Waals surface area contributed by atoms with Crippen molar-refractivity contribution in [2.24, 2.45) is 0 Å². The summed E-state index contributed by atoms with van der Waals surface area (Å²) in [6.07, 6.45) is 6.69. The molecule has 0 spiro atoms. The van der Waals surface area contributed by atoms with Gasteiger partial charge in [-0.15, -0.1) is 10.2 Å². The first-order chi connectivity index (χ1) is 9.31. The number of rotatable bonds is 6. The van der Waals surface area contributed by atoms with Gasteiger partial charge >= 0.3 is 6.03 Å². The first-order valence-corrected chi connectivity index (χ1v) is 7.24. The van der Waals surface area contributed by atoms with E-state index in [1.165, 1.54) is 12.8 Å². The summed E-state index contributed by atoms with van der Waals surface area (Å²) in [7, 11) is 0. The molecular formula is C13H23N5O. The van der Waals surface area contributed by atoms with Gasteiger partial charge in [0.1, 0.15) is 5.82 Å². The molecule has 1 aromatic rings. The zero-order valence-electron chi connectivity index (χ0n) is 11.6. The van der Waals surface area contributed by atoms with Gasteiger partial charge in [0, 0.05) is 19.5 Å². The third-order valence-corrected chi connectivity index (χ3v) is 3.41. The minimum absolute atomic E-state index is 0.121. The predicted octanol–water partition coefficient (Wildman–Crippen LogP) is 1.60. The molecule has 0 bridgehead atoms. The van der Waals surface area contributed by atoms with Crippen LogP contribution in [0.1, 0.15) is 50.7 Å². The lowest BCUT2D eigenvalue weighted by Crippen LogP contribution is -2.36. The molecule has 2 amide bonds. The zero-order chi connectivity index (χ0) is 13.5. The molecule has 0 unspecified atom stereocenters. The summed E-state index contributed by atoms with van der Waals surface area (Å²) < 4.78 is 2.13. The summed E-state index contributed by atoms with van der Waals surface area (Å²) in [5.74, 6) is 1.91. The van der Waals surface area contributed by atoms with Crippen molar-refractivity contribution in [1.82, 2.24) is 25.4 Å². The topological polar surface area (TPSA) is 71.8 Å². The molecule has 1 aliphatic rings. The number of carbonyl (C=O) groups is 1. The Morgan fingerprint density at radius 1 is 1.26 bits per heavy atom. The van der Waals surface area contributed by atoms with Gasteiger partial charge in [0.2, 0.25) is 0 Å². The van der Waals surface area contributed by atoms with Crippen LogP contribution < -0.4 is 10.6 Å². The molecule has 106 valence electrons. The Morgan fingerprint density at radius 2 is 2.16 bits per heavy atom. The molecule has 2 heterocycles. The Kier molecular flexibility index (Phi) is 5.18. The Hall–Kier alpha value is -1.59. The van der Waals surface area contributed by atoms with Crippen molar-refractivity contribution in [2.75, 3.05) is 6.54 Å².